The lowest BCUT2D eigenvalue weighted by atomic mass is 10.1. The number of piperazine rings is 1. The highest BCUT2D eigenvalue weighted by Gasteiger charge is 2.36. The van der Waals surface area contributed by atoms with Gasteiger partial charge in [-0.15, -0.1) is 0 Å². The summed E-state index contributed by atoms with van der Waals surface area (Å²) >= 11 is 0. The Morgan fingerprint density at radius 3 is 2.60 bits per heavy atom. The van der Waals surface area contributed by atoms with Crippen LogP contribution in [0.1, 0.15) is 35.7 Å². The molecular weight excluding hydrogens is 384 g/mol. The Hall–Kier alpha value is -3.35. The molecule has 2 aromatic rings. The molecule has 3 rings (SSSR count). The summed E-state index contributed by atoms with van der Waals surface area (Å²) in [4.78, 5) is 39.5. The summed E-state index contributed by atoms with van der Waals surface area (Å²) in [6.45, 7) is 3.23. The molecule has 0 spiro atoms. The van der Waals surface area contributed by atoms with Crippen LogP contribution in [0.4, 0.5) is 0 Å². The van der Waals surface area contributed by atoms with Crippen LogP contribution in [0.15, 0.2) is 54.6 Å². The van der Waals surface area contributed by atoms with E-state index in [2.05, 4.69) is 5.32 Å². The molecule has 0 aromatic heterocycles. The maximum Gasteiger partial charge on any atom is 0.308 e. The van der Waals surface area contributed by atoms with Crippen molar-refractivity contribution >= 4 is 17.8 Å². The molecule has 7 nitrogen and oxygen atoms in total. The first-order chi connectivity index (χ1) is 14.6. The molecule has 1 saturated heterocycles. The maximum absolute atomic E-state index is 13.2. The zero-order chi connectivity index (χ0) is 21.3. The molecule has 1 atom stereocenters. The van der Waals surface area contributed by atoms with Crippen molar-refractivity contribution in [3.63, 3.8) is 0 Å². The predicted octanol–water partition coefficient (Wildman–Crippen LogP) is 2.55. The number of esters is 1. The van der Waals surface area contributed by atoms with Gasteiger partial charge in [0.05, 0.1) is 18.6 Å². The Kier molecular flexibility index (Phi) is 7.43. The van der Waals surface area contributed by atoms with E-state index in [4.69, 9.17) is 9.47 Å². The van der Waals surface area contributed by atoms with Gasteiger partial charge in [0, 0.05) is 13.1 Å². The number of carbonyl (C=O) groups is 3. The summed E-state index contributed by atoms with van der Waals surface area (Å²) in [7, 11) is 0. The second-order valence-corrected chi connectivity index (χ2v) is 7.00. The fraction of sp³-hybridized carbons (Fsp3) is 0.348. The Bertz CT molecular complexity index is 884. The first-order valence-electron chi connectivity index (χ1n) is 10.1. The van der Waals surface area contributed by atoms with Gasteiger partial charge in [-0.05, 0) is 24.1 Å². The van der Waals surface area contributed by atoms with E-state index in [0.29, 0.717) is 31.0 Å². The van der Waals surface area contributed by atoms with Crippen LogP contribution in [0, 0.1) is 0 Å². The number of rotatable bonds is 8. The van der Waals surface area contributed by atoms with Gasteiger partial charge in [0.15, 0.2) is 0 Å². The maximum atomic E-state index is 13.2. The van der Waals surface area contributed by atoms with Gasteiger partial charge in [-0.1, -0.05) is 49.4 Å². The van der Waals surface area contributed by atoms with E-state index in [-0.39, 0.29) is 24.8 Å². The van der Waals surface area contributed by atoms with Crippen LogP contribution in [0.3, 0.4) is 0 Å². The number of ether oxygens (including phenoxy) is 2. The molecule has 1 aliphatic heterocycles. The van der Waals surface area contributed by atoms with Crippen molar-refractivity contribution in [1.82, 2.24) is 10.2 Å². The molecule has 0 bridgehead atoms. The minimum atomic E-state index is -0.922. The molecule has 158 valence electrons. The van der Waals surface area contributed by atoms with Gasteiger partial charge < -0.3 is 19.7 Å². The van der Waals surface area contributed by atoms with Crippen LogP contribution < -0.4 is 10.1 Å². The van der Waals surface area contributed by atoms with Crippen molar-refractivity contribution in [2.24, 2.45) is 0 Å². The number of nitrogens with zero attached hydrogens (tertiary/aromatic N) is 1. The molecule has 1 fully saturated rings. The van der Waals surface area contributed by atoms with E-state index in [9.17, 15) is 14.4 Å². The molecule has 1 aliphatic rings. The van der Waals surface area contributed by atoms with Crippen LogP contribution in [0.2, 0.25) is 0 Å². The van der Waals surface area contributed by atoms with Crippen molar-refractivity contribution < 1.29 is 23.9 Å². The number of carbonyl (C=O) groups excluding carboxylic acids is 3. The van der Waals surface area contributed by atoms with E-state index < -0.39 is 12.0 Å². The quantitative estimate of drug-likeness (QED) is 0.676. The van der Waals surface area contributed by atoms with Crippen LogP contribution >= 0.6 is 0 Å². The molecule has 1 unspecified atom stereocenters. The first kappa shape index (κ1) is 21.4. The largest absolute Gasteiger partial charge is 0.493 e. The molecule has 2 aromatic carbocycles. The average molecular weight is 410 g/mol. The predicted molar refractivity (Wildman–Crippen MR) is 111 cm³/mol. The van der Waals surface area contributed by atoms with Gasteiger partial charge in [-0.2, -0.15) is 0 Å². The summed E-state index contributed by atoms with van der Waals surface area (Å²) in [6.07, 6.45) is 0.604. The Balaban J connectivity index is 1.70. The third kappa shape index (κ3) is 5.37. The highest BCUT2D eigenvalue weighted by molar-refractivity contribution is 6.01. The number of hydrogen-bond acceptors (Lipinski definition) is 5. The van der Waals surface area contributed by atoms with Crippen LogP contribution in [-0.2, 0) is 20.9 Å². The molecule has 30 heavy (non-hydrogen) atoms. The number of amides is 2. The van der Waals surface area contributed by atoms with E-state index in [0.717, 1.165) is 12.0 Å². The van der Waals surface area contributed by atoms with E-state index in [1.807, 2.05) is 37.3 Å². The molecular formula is C23H26N2O5. The van der Waals surface area contributed by atoms with Crippen molar-refractivity contribution in [2.45, 2.75) is 32.4 Å². The van der Waals surface area contributed by atoms with Gasteiger partial charge >= 0.3 is 5.97 Å². The number of hydrogen-bond donors (Lipinski definition) is 1. The summed E-state index contributed by atoms with van der Waals surface area (Å²) in [5.74, 6) is -0.759. The van der Waals surface area contributed by atoms with Crippen molar-refractivity contribution in [3.8, 4) is 5.75 Å². The lowest BCUT2D eigenvalue weighted by Gasteiger charge is -2.34. The molecule has 7 heteroatoms. The topological polar surface area (TPSA) is 84.9 Å². The van der Waals surface area contributed by atoms with Gasteiger partial charge in [0.2, 0.25) is 5.91 Å². The van der Waals surface area contributed by atoms with Crippen LogP contribution in [0.5, 0.6) is 5.75 Å². The molecule has 0 aliphatic carbocycles. The minimum absolute atomic E-state index is 0.121. The number of para-hydroxylation sites is 1. The molecule has 1 N–H and O–H groups in total. The third-order valence-corrected chi connectivity index (χ3v) is 4.77. The Labute approximate surface area is 176 Å². The SMILES string of the molecule is CCCOc1ccccc1C(=O)N1CCNC(=O)C1CC(=O)OCc1ccccc1. The van der Waals surface area contributed by atoms with Gasteiger partial charge in [0.1, 0.15) is 18.4 Å². The van der Waals surface area contributed by atoms with Gasteiger partial charge in [-0.3, -0.25) is 14.4 Å². The standard InChI is InChI=1S/C23H26N2O5/c1-2-14-29-20-11-7-6-10-18(20)23(28)25-13-12-24-22(27)19(25)15-21(26)30-16-17-8-4-3-5-9-17/h3-11,19H,2,12-16H2,1H3,(H,24,27). The minimum Gasteiger partial charge on any atom is -0.493 e. The Morgan fingerprint density at radius 1 is 1.10 bits per heavy atom. The van der Waals surface area contributed by atoms with E-state index in [1.54, 1.807) is 24.3 Å². The molecule has 1 heterocycles. The van der Waals surface area contributed by atoms with Crippen LogP contribution in [0.25, 0.3) is 0 Å². The van der Waals surface area contributed by atoms with E-state index >= 15 is 0 Å². The first-order valence-corrected chi connectivity index (χ1v) is 10.1. The number of nitrogens with one attached hydrogen (secondary N) is 1. The summed E-state index contributed by atoms with van der Waals surface area (Å²) in [5.41, 5.74) is 1.23. The number of benzene rings is 2. The summed E-state index contributed by atoms with van der Waals surface area (Å²) < 4.78 is 11.0. The fourth-order valence-electron chi connectivity index (χ4n) is 3.25. The zero-order valence-corrected chi connectivity index (χ0v) is 17.0. The van der Waals surface area contributed by atoms with Crippen molar-refractivity contribution in [3.05, 3.63) is 65.7 Å². The summed E-state index contributed by atoms with van der Waals surface area (Å²) in [6, 6.07) is 15.3. The van der Waals surface area contributed by atoms with E-state index in [1.165, 1.54) is 4.90 Å². The van der Waals surface area contributed by atoms with Crippen molar-refractivity contribution in [1.29, 1.82) is 0 Å². The summed E-state index contributed by atoms with van der Waals surface area (Å²) in [5, 5.41) is 2.72. The zero-order valence-electron chi connectivity index (χ0n) is 17.0. The lowest BCUT2D eigenvalue weighted by Crippen LogP contribution is -2.57. The van der Waals surface area contributed by atoms with Gasteiger partial charge in [-0.25, -0.2) is 0 Å². The highest BCUT2D eigenvalue weighted by atomic mass is 16.5. The Morgan fingerprint density at radius 2 is 1.83 bits per heavy atom. The highest BCUT2D eigenvalue weighted by Crippen LogP contribution is 2.23. The van der Waals surface area contributed by atoms with Gasteiger partial charge in [0.25, 0.3) is 5.91 Å². The van der Waals surface area contributed by atoms with Crippen LogP contribution in [-0.4, -0.2) is 48.4 Å². The second-order valence-electron chi connectivity index (χ2n) is 7.00. The lowest BCUT2D eigenvalue weighted by molar-refractivity contribution is -0.148. The fourth-order valence-corrected chi connectivity index (χ4v) is 3.25. The smallest absolute Gasteiger partial charge is 0.308 e. The van der Waals surface area contributed by atoms with Crippen molar-refractivity contribution in [2.75, 3.05) is 19.7 Å². The molecule has 2 amide bonds. The molecule has 0 radical (unpaired) electrons. The third-order valence-electron chi connectivity index (χ3n) is 4.77. The normalized spacial score (nSPS) is 16.0. The monoisotopic (exact) mass is 410 g/mol. The second kappa shape index (κ2) is 10.4. The average Bonchev–Trinajstić information content (AvgIpc) is 2.78. The molecule has 0 saturated carbocycles.